The Morgan fingerprint density at radius 2 is 1.52 bits per heavy atom. The van der Waals surface area contributed by atoms with Gasteiger partial charge >= 0.3 is 99.8 Å². The van der Waals surface area contributed by atoms with Crippen LogP contribution < -0.4 is 4.40 Å². The van der Waals surface area contributed by atoms with Gasteiger partial charge in [-0.05, 0) is 52.1 Å². The van der Waals surface area contributed by atoms with E-state index in [1.54, 1.807) is 0 Å². The van der Waals surface area contributed by atoms with Crippen LogP contribution in [0.2, 0.25) is 17.3 Å². The van der Waals surface area contributed by atoms with Crippen LogP contribution in [0.15, 0.2) is 114 Å². The number of hydrogen-bond acceptors (Lipinski definition) is 3. The molecule has 48 heavy (non-hydrogen) atoms. The first-order chi connectivity index (χ1) is 22.5. The number of hydrogen-bond donors (Lipinski definition) is 0. The number of rotatable bonds is 4. The molecule has 3 heterocycles. The van der Waals surface area contributed by atoms with Crippen LogP contribution in [0, 0.1) is 12.1 Å². The number of nitrogens with zero attached hydrogens (tertiary/aromatic N) is 2. The molecular weight excluding hydrogens is 825 g/mol. The average molecular weight is 866 g/mol. The minimum Gasteiger partial charge on any atom is 0 e. The smallest absolute Gasteiger partial charge is 0 e. The van der Waals surface area contributed by atoms with Crippen LogP contribution >= 0.6 is 0 Å². The summed E-state index contributed by atoms with van der Waals surface area (Å²) >= 11 is -1.72. The van der Waals surface area contributed by atoms with Crippen LogP contribution in [0.3, 0.4) is 0 Å². The quantitative estimate of drug-likeness (QED) is 0.131. The van der Waals surface area contributed by atoms with E-state index in [9.17, 15) is 0 Å². The minimum atomic E-state index is -1.72. The van der Waals surface area contributed by atoms with Gasteiger partial charge in [0.05, 0.1) is 5.58 Å². The largest absolute Gasteiger partial charge is 0 e. The van der Waals surface area contributed by atoms with E-state index in [1.165, 1.54) is 32.2 Å². The van der Waals surface area contributed by atoms with Crippen molar-refractivity contribution in [3.8, 4) is 33.6 Å². The Bertz CT molecular complexity index is 2230. The summed E-state index contributed by atoms with van der Waals surface area (Å²) in [5.41, 5.74) is 12.3. The van der Waals surface area contributed by atoms with Crippen molar-refractivity contribution in [2.24, 2.45) is 0 Å². The summed E-state index contributed by atoms with van der Waals surface area (Å²) < 4.78 is 7.93. The van der Waals surface area contributed by atoms with Gasteiger partial charge in [0.25, 0.3) is 0 Å². The topological polar surface area (TPSA) is 38.9 Å². The van der Waals surface area contributed by atoms with Crippen LogP contribution in [-0.2, 0) is 25.5 Å². The van der Waals surface area contributed by atoms with Crippen molar-refractivity contribution in [3.63, 3.8) is 0 Å². The molecule has 7 aromatic rings. The molecule has 1 aliphatic carbocycles. The third-order valence-corrected chi connectivity index (χ3v) is 13.7. The van der Waals surface area contributed by atoms with Crippen molar-refractivity contribution in [1.82, 2.24) is 9.97 Å². The van der Waals surface area contributed by atoms with Gasteiger partial charge in [0.2, 0.25) is 0 Å². The van der Waals surface area contributed by atoms with Crippen molar-refractivity contribution >= 4 is 39.6 Å². The molecule has 0 saturated heterocycles. The molecule has 0 spiro atoms. The molecule has 0 unspecified atom stereocenters. The van der Waals surface area contributed by atoms with E-state index in [0.717, 1.165) is 44.5 Å². The fraction of sp³-hybridized carbons (Fsp3) is 0.209. The van der Waals surface area contributed by atoms with E-state index in [0.29, 0.717) is 5.92 Å². The molecule has 1 aliphatic rings. The number of pyridine rings is 2. The van der Waals surface area contributed by atoms with E-state index in [1.807, 2.05) is 42.7 Å². The van der Waals surface area contributed by atoms with Crippen LogP contribution in [0.4, 0.5) is 0 Å². The average Bonchev–Trinajstić information content (AvgIpc) is 3.56. The van der Waals surface area contributed by atoms with Crippen molar-refractivity contribution in [1.29, 1.82) is 0 Å². The number of benzene rings is 4. The second kappa shape index (κ2) is 13.2. The Morgan fingerprint density at radius 1 is 0.729 bits per heavy atom. The zero-order valence-electron chi connectivity index (χ0n) is 28.6. The van der Waals surface area contributed by atoms with Gasteiger partial charge < -0.3 is 9.40 Å². The fourth-order valence-electron chi connectivity index (χ4n) is 6.62. The molecule has 5 heteroatoms. The summed E-state index contributed by atoms with van der Waals surface area (Å²) in [6, 6.07) is 40.5. The molecule has 0 aliphatic heterocycles. The molecule has 243 valence electrons. The molecule has 0 fully saturated rings. The van der Waals surface area contributed by atoms with Crippen LogP contribution in [-0.4, -0.2) is 23.2 Å². The monoisotopic (exact) mass is 867 g/mol. The predicted octanol–water partition coefficient (Wildman–Crippen LogP) is 11.0. The molecule has 4 aromatic carbocycles. The molecule has 1 radical (unpaired) electrons. The molecule has 8 rings (SSSR count). The first-order valence-electron chi connectivity index (χ1n) is 16.4. The van der Waals surface area contributed by atoms with Crippen LogP contribution in [0.5, 0.6) is 0 Å². The molecule has 0 saturated carbocycles. The normalized spacial score (nSPS) is 13.1. The first kappa shape index (κ1) is 34.1. The van der Waals surface area contributed by atoms with E-state index < -0.39 is 13.3 Å². The molecule has 0 amide bonds. The maximum atomic E-state index is 6.48. The maximum Gasteiger partial charge on any atom is 0 e. The van der Waals surface area contributed by atoms with Crippen molar-refractivity contribution in [2.75, 3.05) is 0 Å². The van der Waals surface area contributed by atoms with Gasteiger partial charge in [-0.2, -0.15) is 0 Å². The van der Waals surface area contributed by atoms with Gasteiger partial charge in [-0.1, -0.05) is 74.5 Å². The predicted molar refractivity (Wildman–Crippen MR) is 199 cm³/mol. The van der Waals surface area contributed by atoms with Crippen LogP contribution in [0.25, 0.3) is 55.6 Å². The zero-order chi connectivity index (χ0) is 32.9. The maximum absolute atomic E-state index is 6.48. The van der Waals surface area contributed by atoms with Gasteiger partial charge in [-0.25, -0.2) is 0 Å². The third-order valence-electron chi connectivity index (χ3n) is 9.46. The zero-order valence-corrected chi connectivity index (χ0v) is 33.1. The van der Waals surface area contributed by atoms with Gasteiger partial charge in [0.15, 0.2) is 0 Å². The van der Waals surface area contributed by atoms with Gasteiger partial charge in [-0.15, -0.1) is 18.2 Å². The van der Waals surface area contributed by atoms with E-state index >= 15 is 0 Å². The minimum absolute atomic E-state index is 0. The Balaban J connectivity index is 0.000000201. The molecule has 3 nitrogen and oxygen atoms in total. The van der Waals surface area contributed by atoms with E-state index in [2.05, 4.69) is 134 Å². The Hall–Kier alpha value is -3.83. The second-order valence-electron chi connectivity index (χ2n) is 14.3. The third kappa shape index (κ3) is 6.22. The number of furan rings is 1. The first-order valence-corrected chi connectivity index (χ1v) is 23.8. The fourth-order valence-corrected chi connectivity index (χ4v) is 8.79. The van der Waals surface area contributed by atoms with E-state index in [4.69, 9.17) is 4.42 Å². The molecule has 3 aromatic heterocycles. The second-order valence-corrected chi connectivity index (χ2v) is 25.0. The van der Waals surface area contributed by atoms with Crippen molar-refractivity contribution in [2.45, 2.75) is 56.3 Å². The molecular formula is C43H40GeIrN2O-2. The Kier molecular flexibility index (Phi) is 9.39. The molecule has 0 atom stereocenters. The van der Waals surface area contributed by atoms with Crippen molar-refractivity contribution in [3.05, 3.63) is 138 Å². The summed E-state index contributed by atoms with van der Waals surface area (Å²) in [6.45, 7) is 9.00. The number of fused-ring (bicyclic) bond motifs is 6. The Labute approximate surface area is 300 Å². The van der Waals surface area contributed by atoms with Crippen LogP contribution in [0.1, 0.15) is 50.3 Å². The Morgan fingerprint density at radius 3 is 2.23 bits per heavy atom. The van der Waals surface area contributed by atoms with Gasteiger partial charge in [0, 0.05) is 37.1 Å². The van der Waals surface area contributed by atoms with Crippen molar-refractivity contribution < 1.29 is 24.5 Å². The van der Waals surface area contributed by atoms with E-state index in [-0.39, 0.29) is 25.5 Å². The molecule has 0 N–H and O–H groups in total. The summed E-state index contributed by atoms with van der Waals surface area (Å²) in [7, 11) is 0. The summed E-state index contributed by atoms with van der Waals surface area (Å²) in [4.78, 5) is 9.17. The van der Waals surface area contributed by atoms with Gasteiger partial charge in [-0.3, -0.25) is 0 Å². The standard InChI is InChI=1S/C29H24NO.C14H16GeN.Ir/c1-17(2)18-12-13-30-26(14-18)21-10-7-9-20-23-15-22-19-8-5-6-11-24(19)29(3,4)25(22)16-27(23)31-28(20)21;1-15(2,3)13-9-10-14(16-11-13)12-7-5-4-6-8-12;/h5-9,11-17H,1-4H3;4-7,9-11H,1-3H3;/q2*-1;. The molecule has 0 bridgehead atoms. The van der Waals surface area contributed by atoms with Gasteiger partial charge in [0.1, 0.15) is 5.58 Å². The SMILES string of the molecule is CC(C)c1ccnc(-c2[c-]ccc3c2oc2cc4c(cc23)-c2ccccc2C4(C)C)c1.[CH3][Ge]([CH3])([CH3])[c]1ccc(-c2[c-]cccc2)nc1.[Ir]. The summed E-state index contributed by atoms with van der Waals surface area (Å²) in [5, 5.41) is 2.27. The summed E-state index contributed by atoms with van der Waals surface area (Å²) in [5.74, 6) is 7.59. The summed E-state index contributed by atoms with van der Waals surface area (Å²) in [6.07, 6.45) is 3.92. The number of aromatic nitrogens is 2.